The molecule has 7 nitrogen and oxygen atoms in total. The third-order valence-electron chi connectivity index (χ3n) is 6.79. The summed E-state index contributed by atoms with van der Waals surface area (Å²) >= 11 is 1.77. The van der Waals surface area contributed by atoms with Crippen LogP contribution in [0.2, 0.25) is 0 Å². The van der Waals surface area contributed by atoms with Gasteiger partial charge in [0.1, 0.15) is 17.3 Å². The van der Waals surface area contributed by atoms with E-state index >= 15 is 0 Å². The van der Waals surface area contributed by atoms with E-state index < -0.39 is 0 Å². The summed E-state index contributed by atoms with van der Waals surface area (Å²) in [7, 11) is 2.07. The van der Waals surface area contributed by atoms with Gasteiger partial charge in [-0.1, -0.05) is 19.9 Å². The van der Waals surface area contributed by atoms with Gasteiger partial charge in [0.05, 0.1) is 29.1 Å². The summed E-state index contributed by atoms with van der Waals surface area (Å²) in [6.07, 6.45) is 6.50. The van der Waals surface area contributed by atoms with Crippen LogP contribution < -0.4 is 9.64 Å². The molecule has 4 aromatic heterocycles. The second kappa shape index (κ2) is 12.5. The van der Waals surface area contributed by atoms with E-state index in [2.05, 4.69) is 81.2 Å². The van der Waals surface area contributed by atoms with E-state index in [1.54, 1.807) is 11.3 Å². The molecule has 5 rings (SSSR count). The van der Waals surface area contributed by atoms with E-state index in [1.807, 2.05) is 24.4 Å². The minimum Gasteiger partial charge on any atom is -0.494 e. The SMILES string of the molecule is CCCN(CCC)CCCCOc1ccc2cc(-c3n[nH]c4cc(CN(C)c5ccccn5)sc34)[nH]c2c1. The van der Waals surface area contributed by atoms with Gasteiger partial charge in [-0.25, -0.2) is 4.98 Å². The zero-order valence-corrected chi connectivity index (χ0v) is 23.5. The number of rotatable bonds is 14. The summed E-state index contributed by atoms with van der Waals surface area (Å²) in [5.74, 6) is 1.87. The van der Waals surface area contributed by atoms with Crippen molar-refractivity contribution in [3.63, 3.8) is 0 Å². The van der Waals surface area contributed by atoms with Crippen molar-refractivity contribution in [2.24, 2.45) is 0 Å². The van der Waals surface area contributed by atoms with Gasteiger partial charge >= 0.3 is 0 Å². The third kappa shape index (κ3) is 6.19. The molecule has 2 N–H and O–H groups in total. The number of unbranched alkanes of at least 4 members (excludes halogenated alkanes) is 1. The van der Waals surface area contributed by atoms with E-state index in [9.17, 15) is 0 Å². The first-order valence-electron chi connectivity index (χ1n) is 13.7. The highest BCUT2D eigenvalue weighted by Crippen LogP contribution is 2.35. The molecule has 0 aliphatic heterocycles. The fraction of sp³-hybridized carbons (Fsp3) is 0.400. The zero-order chi connectivity index (χ0) is 26.3. The normalized spacial score (nSPS) is 11.7. The minimum atomic E-state index is 0.746. The highest BCUT2D eigenvalue weighted by atomic mass is 32.1. The van der Waals surface area contributed by atoms with Crippen molar-refractivity contribution in [3.8, 4) is 17.1 Å². The number of thiophene rings is 1. The summed E-state index contributed by atoms with van der Waals surface area (Å²) in [6, 6.07) is 16.6. The van der Waals surface area contributed by atoms with Crippen molar-refractivity contribution in [1.82, 2.24) is 25.1 Å². The Morgan fingerprint density at radius 2 is 1.82 bits per heavy atom. The lowest BCUT2D eigenvalue weighted by Crippen LogP contribution is -2.26. The maximum atomic E-state index is 6.09. The molecule has 0 saturated carbocycles. The number of H-pyrrole nitrogens is 2. The smallest absolute Gasteiger partial charge is 0.128 e. The van der Waals surface area contributed by atoms with Gasteiger partial charge in [-0.3, -0.25) is 5.10 Å². The molecule has 0 atom stereocenters. The van der Waals surface area contributed by atoms with Crippen LogP contribution in [0.1, 0.15) is 44.4 Å². The first kappa shape index (κ1) is 26.3. The van der Waals surface area contributed by atoms with Gasteiger partial charge in [-0.2, -0.15) is 5.10 Å². The predicted molar refractivity (Wildman–Crippen MR) is 159 cm³/mol. The molecule has 0 unspecified atom stereocenters. The average Bonchev–Trinajstić information content (AvgIpc) is 3.63. The lowest BCUT2D eigenvalue weighted by molar-refractivity contribution is 0.250. The molecule has 0 saturated heterocycles. The summed E-state index contributed by atoms with van der Waals surface area (Å²) in [5, 5.41) is 9.00. The number of pyridine rings is 1. The Hall–Kier alpha value is -3.36. The highest BCUT2D eigenvalue weighted by Gasteiger charge is 2.16. The van der Waals surface area contributed by atoms with Crippen LogP contribution in [0.25, 0.3) is 32.5 Å². The maximum Gasteiger partial charge on any atom is 0.128 e. The number of fused-ring (bicyclic) bond motifs is 2. The Kier molecular flexibility index (Phi) is 8.61. The summed E-state index contributed by atoms with van der Waals surface area (Å²) in [5.41, 5.74) is 4.10. The molecule has 0 amide bonds. The van der Waals surface area contributed by atoms with Crippen molar-refractivity contribution in [2.75, 3.05) is 38.2 Å². The number of ether oxygens (including phenoxy) is 1. The number of benzene rings is 1. The van der Waals surface area contributed by atoms with Crippen LogP contribution in [0, 0.1) is 0 Å². The van der Waals surface area contributed by atoms with E-state index in [0.717, 1.165) is 70.2 Å². The van der Waals surface area contributed by atoms with Gasteiger partial charge in [0.15, 0.2) is 0 Å². The number of aromatic amines is 2. The monoisotopic (exact) mass is 530 g/mol. The Balaban J connectivity index is 1.22. The van der Waals surface area contributed by atoms with Gasteiger partial charge in [-0.15, -0.1) is 11.3 Å². The first-order chi connectivity index (χ1) is 18.6. The molecule has 5 aromatic rings. The molecular weight excluding hydrogens is 492 g/mol. The van der Waals surface area contributed by atoms with Gasteiger partial charge < -0.3 is 19.5 Å². The molecule has 0 spiro atoms. The Morgan fingerprint density at radius 3 is 2.61 bits per heavy atom. The van der Waals surface area contributed by atoms with Crippen LogP contribution in [-0.4, -0.2) is 58.4 Å². The molecular formula is C30H38N6OS. The molecule has 0 bridgehead atoms. The molecule has 0 radical (unpaired) electrons. The van der Waals surface area contributed by atoms with E-state index in [1.165, 1.54) is 37.2 Å². The van der Waals surface area contributed by atoms with Crippen LogP contribution in [-0.2, 0) is 6.54 Å². The largest absolute Gasteiger partial charge is 0.494 e. The van der Waals surface area contributed by atoms with E-state index in [0.29, 0.717) is 0 Å². The summed E-state index contributed by atoms with van der Waals surface area (Å²) in [6.45, 7) is 9.60. The number of anilines is 1. The second-order valence-corrected chi connectivity index (χ2v) is 11.0. The van der Waals surface area contributed by atoms with Crippen LogP contribution in [0.5, 0.6) is 5.75 Å². The van der Waals surface area contributed by atoms with Gasteiger partial charge in [0.2, 0.25) is 0 Å². The molecule has 38 heavy (non-hydrogen) atoms. The Labute approximate surface area is 228 Å². The molecule has 200 valence electrons. The first-order valence-corrected chi connectivity index (χ1v) is 14.5. The topological polar surface area (TPSA) is 73.1 Å². The number of hydrogen-bond donors (Lipinski definition) is 2. The van der Waals surface area contributed by atoms with Gasteiger partial charge in [-0.05, 0) is 81.7 Å². The second-order valence-electron chi connectivity index (χ2n) is 9.90. The van der Waals surface area contributed by atoms with E-state index in [4.69, 9.17) is 4.74 Å². The van der Waals surface area contributed by atoms with Crippen LogP contribution in [0.3, 0.4) is 0 Å². The van der Waals surface area contributed by atoms with Crippen molar-refractivity contribution in [2.45, 2.75) is 46.1 Å². The van der Waals surface area contributed by atoms with E-state index in [-0.39, 0.29) is 0 Å². The van der Waals surface area contributed by atoms with Crippen LogP contribution >= 0.6 is 11.3 Å². The highest BCUT2D eigenvalue weighted by molar-refractivity contribution is 7.19. The minimum absolute atomic E-state index is 0.746. The average molecular weight is 531 g/mol. The predicted octanol–water partition coefficient (Wildman–Crippen LogP) is 7.09. The lowest BCUT2D eigenvalue weighted by Gasteiger charge is -2.20. The van der Waals surface area contributed by atoms with Crippen LogP contribution in [0.15, 0.2) is 54.7 Å². The quantitative estimate of drug-likeness (QED) is 0.150. The number of hydrogen-bond acceptors (Lipinski definition) is 6. The Bertz CT molecular complexity index is 1430. The maximum absolute atomic E-state index is 6.09. The fourth-order valence-corrected chi connectivity index (χ4v) is 6.11. The molecule has 1 aromatic carbocycles. The summed E-state index contributed by atoms with van der Waals surface area (Å²) in [4.78, 5) is 14.0. The fourth-order valence-electron chi connectivity index (χ4n) is 4.94. The molecule has 0 aliphatic rings. The lowest BCUT2D eigenvalue weighted by atomic mass is 10.2. The van der Waals surface area contributed by atoms with Gasteiger partial charge in [0, 0.05) is 35.1 Å². The number of nitrogens with one attached hydrogen (secondary N) is 2. The molecule has 0 aliphatic carbocycles. The molecule has 8 heteroatoms. The van der Waals surface area contributed by atoms with Crippen molar-refractivity contribution < 1.29 is 4.74 Å². The van der Waals surface area contributed by atoms with Crippen LogP contribution in [0.4, 0.5) is 5.82 Å². The molecule has 4 heterocycles. The van der Waals surface area contributed by atoms with Gasteiger partial charge in [0.25, 0.3) is 0 Å². The molecule has 0 fully saturated rings. The summed E-state index contributed by atoms with van der Waals surface area (Å²) < 4.78 is 7.26. The van der Waals surface area contributed by atoms with Crippen molar-refractivity contribution >= 4 is 38.3 Å². The van der Waals surface area contributed by atoms with Crippen molar-refractivity contribution in [3.05, 3.63) is 59.6 Å². The third-order valence-corrected chi connectivity index (χ3v) is 7.91. The number of aromatic nitrogens is 4. The van der Waals surface area contributed by atoms with Crippen molar-refractivity contribution in [1.29, 1.82) is 0 Å². The number of nitrogens with zero attached hydrogens (tertiary/aromatic N) is 4. The standard InChI is InChI=1S/C30H38N6OS/c1-4-14-36(15-5-2)16-8-9-17-37-23-12-11-22-18-26(32-25(22)19-23)29-30-27(33-34-29)20-24(38-30)21-35(3)28-10-6-7-13-31-28/h6-7,10-13,18-20,32H,4-5,8-9,14-17,21H2,1-3H3,(H,33,34). The zero-order valence-electron chi connectivity index (χ0n) is 22.7. The Morgan fingerprint density at radius 1 is 0.947 bits per heavy atom.